The maximum Gasteiger partial charge on any atom is 0.250 e. The number of aliphatic hydroxyl groups is 1. The second-order valence-electron chi connectivity index (χ2n) is 4.09. The molecule has 0 saturated heterocycles. The van der Waals surface area contributed by atoms with Crippen LogP contribution < -0.4 is 5.56 Å². The number of hydrogen-bond donors (Lipinski definition) is 1. The van der Waals surface area contributed by atoms with Gasteiger partial charge < -0.3 is 14.2 Å². The molecule has 0 aromatic carbocycles. The third-order valence-corrected chi connectivity index (χ3v) is 2.75. The summed E-state index contributed by atoms with van der Waals surface area (Å²) in [5.74, 6) is 0. The van der Waals surface area contributed by atoms with E-state index in [1.165, 1.54) is 0 Å². The zero-order valence-corrected chi connectivity index (χ0v) is 9.78. The summed E-state index contributed by atoms with van der Waals surface area (Å²) in [6.45, 7) is 3.09. The minimum atomic E-state index is -0.448. The van der Waals surface area contributed by atoms with Crippen molar-refractivity contribution in [3.63, 3.8) is 0 Å². The molecule has 1 N–H and O–H groups in total. The van der Waals surface area contributed by atoms with Gasteiger partial charge in [-0.15, -0.1) is 0 Å². The summed E-state index contributed by atoms with van der Waals surface area (Å²) >= 11 is 0. The van der Waals surface area contributed by atoms with Crippen LogP contribution in [-0.4, -0.2) is 14.2 Å². The highest BCUT2D eigenvalue weighted by atomic mass is 16.3. The lowest BCUT2D eigenvalue weighted by molar-refractivity contribution is 0.199. The number of hydrogen-bond acceptors (Lipinski definition) is 2. The molecular formula is C13H16N2O2. The van der Waals surface area contributed by atoms with Crippen molar-refractivity contribution in [1.82, 2.24) is 9.13 Å². The molecule has 17 heavy (non-hydrogen) atoms. The molecule has 0 aliphatic carbocycles. The van der Waals surface area contributed by atoms with Crippen LogP contribution in [0.25, 0.3) is 0 Å². The molecule has 0 aliphatic heterocycles. The van der Waals surface area contributed by atoms with E-state index >= 15 is 0 Å². The fourth-order valence-electron chi connectivity index (χ4n) is 1.71. The van der Waals surface area contributed by atoms with E-state index in [0.717, 1.165) is 12.1 Å². The van der Waals surface area contributed by atoms with Crippen LogP contribution in [0.15, 0.2) is 47.7 Å². The predicted octanol–water partition coefficient (Wildman–Crippen LogP) is 1.40. The van der Waals surface area contributed by atoms with Crippen LogP contribution in [0.1, 0.15) is 18.6 Å². The highest BCUT2D eigenvalue weighted by molar-refractivity contribution is 5.12. The Bertz CT molecular complexity index is 540. The molecule has 90 valence electrons. The van der Waals surface area contributed by atoms with Crippen LogP contribution in [0.4, 0.5) is 0 Å². The predicted molar refractivity (Wildman–Crippen MR) is 65.8 cm³/mol. The van der Waals surface area contributed by atoms with E-state index in [1.54, 1.807) is 29.8 Å². The first-order valence-electron chi connectivity index (χ1n) is 5.66. The molecule has 0 fully saturated rings. The maximum atomic E-state index is 11.5. The minimum absolute atomic E-state index is 0.00964. The summed E-state index contributed by atoms with van der Waals surface area (Å²) in [4.78, 5) is 11.5. The Balaban J connectivity index is 2.03. The maximum absolute atomic E-state index is 11.5. The van der Waals surface area contributed by atoms with Crippen molar-refractivity contribution >= 4 is 0 Å². The Morgan fingerprint density at radius 2 is 2.06 bits per heavy atom. The van der Waals surface area contributed by atoms with Gasteiger partial charge in [0.15, 0.2) is 0 Å². The zero-order valence-electron chi connectivity index (χ0n) is 9.78. The Morgan fingerprint density at radius 3 is 2.71 bits per heavy atom. The highest BCUT2D eigenvalue weighted by Crippen LogP contribution is 2.11. The number of aryl methyl sites for hydroxylation is 2. The molecule has 2 aromatic rings. The van der Waals surface area contributed by atoms with Crippen LogP contribution in [-0.2, 0) is 13.1 Å². The van der Waals surface area contributed by atoms with Crippen molar-refractivity contribution < 1.29 is 5.11 Å². The van der Waals surface area contributed by atoms with E-state index < -0.39 is 6.10 Å². The smallest absolute Gasteiger partial charge is 0.250 e. The van der Waals surface area contributed by atoms with E-state index in [-0.39, 0.29) is 5.56 Å². The molecule has 0 aliphatic rings. The standard InChI is InChI=1S/C13H16N2O2/c1-11(16)12-5-7-14(10-12)8-9-15-6-3-2-4-13(15)17/h2-7,10-11,16H,8-9H2,1H3. The van der Waals surface area contributed by atoms with Gasteiger partial charge in [-0.05, 0) is 24.6 Å². The summed E-state index contributed by atoms with van der Waals surface area (Å²) in [5, 5.41) is 9.40. The summed E-state index contributed by atoms with van der Waals surface area (Å²) in [6, 6.07) is 7.02. The molecule has 0 saturated carbocycles. The molecule has 0 radical (unpaired) electrons. The highest BCUT2D eigenvalue weighted by Gasteiger charge is 2.02. The summed E-state index contributed by atoms with van der Waals surface area (Å²) in [6.07, 6.45) is 5.14. The molecule has 0 bridgehead atoms. The van der Waals surface area contributed by atoms with Gasteiger partial charge in [-0.3, -0.25) is 4.79 Å². The molecule has 0 amide bonds. The normalized spacial score (nSPS) is 12.6. The van der Waals surface area contributed by atoms with Gasteiger partial charge in [0.25, 0.3) is 5.56 Å². The van der Waals surface area contributed by atoms with Crippen LogP contribution in [0, 0.1) is 0 Å². The van der Waals surface area contributed by atoms with Crippen molar-refractivity contribution in [3.05, 3.63) is 58.8 Å². The molecule has 1 atom stereocenters. The molecule has 2 aromatic heterocycles. The summed E-state index contributed by atoms with van der Waals surface area (Å²) in [5.41, 5.74) is 0.904. The van der Waals surface area contributed by atoms with Crippen molar-refractivity contribution in [3.8, 4) is 0 Å². The van der Waals surface area contributed by atoms with Gasteiger partial charge in [0, 0.05) is 37.7 Å². The average molecular weight is 232 g/mol. The van der Waals surface area contributed by atoms with Crippen molar-refractivity contribution in [2.24, 2.45) is 0 Å². The van der Waals surface area contributed by atoms with Crippen molar-refractivity contribution in [1.29, 1.82) is 0 Å². The Labute approximate surface area is 99.8 Å². The molecule has 0 spiro atoms. The summed E-state index contributed by atoms with van der Waals surface area (Å²) in [7, 11) is 0. The molecule has 2 rings (SSSR count). The van der Waals surface area contributed by atoms with Crippen molar-refractivity contribution in [2.45, 2.75) is 26.1 Å². The third-order valence-electron chi connectivity index (χ3n) is 2.75. The van der Waals surface area contributed by atoms with E-state index in [0.29, 0.717) is 6.54 Å². The zero-order chi connectivity index (χ0) is 12.3. The van der Waals surface area contributed by atoms with Gasteiger partial charge in [-0.1, -0.05) is 6.07 Å². The Hall–Kier alpha value is -1.81. The second kappa shape index (κ2) is 5.01. The number of pyridine rings is 1. The monoisotopic (exact) mass is 232 g/mol. The van der Waals surface area contributed by atoms with E-state index in [1.807, 2.05) is 29.1 Å². The first-order valence-corrected chi connectivity index (χ1v) is 5.66. The SMILES string of the molecule is CC(O)c1ccn(CCn2ccccc2=O)c1. The lowest BCUT2D eigenvalue weighted by Gasteiger charge is -2.06. The van der Waals surface area contributed by atoms with Gasteiger partial charge in [0.1, 0.15) is 0 Å². The van der Waals surface area contributed by atoms with E-state index in [9.17, 15) is 9.90 Å². The summed E-state index contributed by atoms with van der Waals surface area (Å²) < 4.78 is 3.64. The topological polar surface area (TPSA) is 47.2 Å². The fourth-order valence-corrected chi connectivity index (χ4v) is 1.71. The Kier molecular flexibility index (Phi) is 3.44. The minimum Gasteiger partial charge on any atom is -0.389 e. The van der Waals surface area contributed by atoms with Gasteiger partial charge in [-0.2, -0.15) is 0 Å². The third kappa shape index (κ3) is 2.85. The molecular weight excluding hydrogens is 216 g/mol. The van der Waals surface area contributed by atoms with Gasteiger partial charge in [-0.25, -0.2) is 0 Å². The number of rotatable bonds is 4. The largest absolute Gasteiger partial charge is 0.389 e. The molecule has 4 heteroatoms. The quantitative estimate of drug-likeness (QED) is 0.866. The first-order chi connectivity index (χ1) is 8.16. The lowest BCUT2D eigenvalue weighted by atomic mass is 10.2. The number of nitrogens with zero attached hydrogens (tertiary/aromatic N) is 2. The van der Waals surface area contributed by atoms with Crippen molar-refractivity contribution in [2.75, 3.05) is 0 Å². The van der Waals surface area contributed by atoms with Gasteiger partial charge in [0.2, 0.25) is 0 Å². The van der Waals surface area contributed by atoms with E-state index in [4.69, 9.17) is 0 Å². The van der Waals surface area contributed by atoms with Crippen LogP contribution in [0.5, 0.6) is 0 Å². The average Bonchev–Trinajstić information content (AvgIpc) is 2.77. The first kappa shape index (κ1) is 11.7. The number of aromatic nitrogens is 2. The van der Waals surface area contributed by atoms with E-state index in [2.05, 4.69) is 0 Å². The number of aliphatic hydroxyl groups excluding tert-OH is 1. The fraction of sp³-hybridized carbons (Fsp3) is 0.308. The van der Waals surface area contributed by atoms with Crippen LogP contribution >= 0.6 is 0 Å². The van der Waals surface area contributed by atoms with Gasteiger partial charge in [0.05, 0.1) is 6.10 Å². The van der Waals surface area contributed by atoms with Crippen LogP contribution in [0.2, 0.25) is 0 Å². The molecule has 1 unspecified atom stereocenters. The lowest BCUT2D eigenvalue weighted by Crippen LogP contribution is -2.20. The molecule has 2 heterocycles. The Morgan fingerprint density at radius 1 is 1.24 bits per heavy atom. The second-order valence-corrected chi connectivity index (χ2v) is 4.09. The van der Waals surface area contributed by atoms with Crippen LogP contribution in [0.3, 0.4) is 0 Å². The molecule has 4 nitrogen and oxygen atoms in total. The van der Waals surface area contributed by atoms with Gasteiger partial charge >= 0.3 is 0 Å².